The summed E-state index contributed by atoms with van der Waals surface area (Å²) in [5.41, 5.74) is -0.311. The number of rotatable bonds is 3. The molecule has 16 heavy (non-hydrogen) atoms. The summed E-state index contributed by atoms with van der Waals surface area (Å²) in [6.07, 6.45) is -2.89. The lowest BCUT2D eigenvalue weighted by molar-refractivity contribution is -0.142. The third kappa shape index (κ3) is 3.90. The molecule has 0 spiro atoms. The maximum Gasteiger partial charge on any atom is 0.319 e. The molecule has 0 unspecified atom stereocenters. The number of hydrogen-bond acceptors (Lipinski definition) is 2. The summed E-state index contributed by atoms with van der Waals surface area (Å²) in [6.45, 7) is 4.41. The molecule has 0 atom stereocenters. The monoisotopic (exact) mass is 242 g/mol. The van der Waals surface area contributed by atoms with Gasteiger partial charge in [0.1, 0.15) is 0 Å². The van der Waals surface area contributed by atoms with E-state index in [0.717, 1.165) is 6.54 Å². The molecule has 0 aromatic heterocycles. The van der Waals surface area contributed by atoms with Gasteiger partial charge in [-0.2, -0.15) is 8.78 Å². The lowest BCUT2D eigenvalue weighted by Gasteiger charge is -2.31. The van der Waals surface area contributed by atoms with Gasteiger partial charge >= 0.3 is 12.3 Å². The Labute approximate surface area is 93.0 Å². The van der Waals surface area contributed by atoms with Crippen LogP contribution >= 0.6 is 0 Å². The normalized spacial score (nSPS) is 23.4. The lowest BCUT2D eigenvalue weighted by atomic mass is 10.1. The quantitative estimate of drug-likeness (QED) is 0.761. The topological polar surface area (TPSA) is 15.3 Å². The summed E-state index contributed by atoms with van der Waals surface area (Å²) in [6, 6.07) is 0. The van der Waals surface area contributed by atoms with E-state index in [0.29, 0.717) is 19.5 Å². The second-order valence-electron chi connectivity index (χ2n) is 4.94. The smallest absolute Gasteiger partial charge is 0.310 e. The third-order valence-electron chi connectivity index (χ3n) is 2.63. The van der Waals surface area contributed by atoms with Crippen molar-refractivity contribution in [2.75, 3.05) is 26.2 Å². The van der Waals surface area contributed by atoms with Crippen molar-refractivity contribution in [1.29, 1.82) is 0 Å². The molecule has 0 amide bonds. The Hall–Kier alpha value is -0.360. The van der Waals surface area contributed by atoms with Gasteiger partial charge in [-0.05, 0) is 33.4 Å². The van der Waals surface area contributed by atoms with Crippen LogP contribution in [-0.4, -0.2) is 49.0 Å². The van der Waals surface area contributed by atoms with Gasteiger partial charge in [-0.3, -0.25) is 4.90 Å². The maximum absolute atomic E-state index is 12.9. The van der Waals surface area contributed by atoms with E-state index in [1.807, 2.05) is 13.8 Å². The lowest BCUT2D eigenvalue weighted by Crippen LogP contribution is -2.50. The summed E-state index contributed by atoms with van der Waals surface area (Å²) in [5, 5.41) is 3.19. The van der Waals surface area contributed by atoms with Crippen molar-refractivity contribution < 1.29 is 17.6 Å². The van der Waals surface area contributed by atoms with Gasteiger partial charge in [0.25, 0.3) is 0 Å². The molecule has 1 N–H and O–H groups in total. The average Bonchev–Trinajstić information content (AvgIpc) is 2.25. The molecule has 0 radical (unpaired) electrons. The second kappa shape index (κ2) is 4.87. The first-order valence-corrected chi connectivity index (χ1v) is 5.36. The molecule has 0 bridgehead atoms. The summed E-state index contributed by atoms with van der Waals surface area (Å²) < 4.78 is 49.9. The fourth-order valence-electron chi connectivity index (χ4n) is 1.93. The van der Waals surface area contributed by atoms with E-state index in [1.54, 1.807) is 0 Å². The number of halogens is 4. The highest BCUT2D eigenvalue weighted by Crippen LogP contribution is 2.25. The zero-order valence-corrected chi connectivity index (χ0v) is 9.57. The van der Waals surface area contributed by atoms with Crippen LogP contribution in [0, 0.1) is 0 Å². The molecule has 0 aliphatic carbocycles. The van der Waals surface area contributed by atoms with Crippen LogP contribution < -0.4 is 5.32 Å². The van der Waals surface area contributed by atoms with E-state index in [1.165, 1.54) is 4.90 Å². The molecule has 1 aliphatic rings. The van der Waals surface area contributed by atoms with Crippen molar-refractivity contribution in [2.45, 2.75) is 38.2 Å². The Bertz CT molecular complexity index is 231. The van der Waals surface area contributed by atoms with Gasteiger partial charge in [0.15, 0.2) is 0 Å². The van der Waals surface area contributed by atoms with Gasteiger partial charge in [0.05, 0.1) is 6.54 Å². The van der Waals surface area contributed by atoms with E-state index in [-0.39, 0.29) is 5.54 Å². The predicted molar refractivity (Wildman–Crippen MR) is 54.1 cm³/mol. The largest absolute Gasteiger partial charge is 0.319 e. The molecule has 0 saturated carbocycles. The summed E-state index contributed by atoms with van der Waals surface area (Å²) in [5.74, 6) is -3.92. The molecule has 1 heterocycles. The predicted octanol–water partition coefficient (Wildman–Crippen LogP) is 1.96. The molecule has 1 fully saturated rings. The van der Waals surface area contributed by atoms with Crippen LogP contribution in [0.5, 0.6) is 0 Å². The Morgan fingerprint density at radius 1 is 1.38 bits per heavy atom. The highest BCUT2D eigenvalue weighted by Gasteiger charge is 2.43. The van der Waals surface area contributed by atoms with E-state index < -0.39 is 18.9 Å². The highest BCUT2D eigenvalue weighted by atomic mass is 19.3. The number of nitrogens with one attached hydrogen (secondary N) is 1. The van der Waals surface area contributed by atoms with Crippen molar-refractivity contribution in [3.63, 3.8) is 0 Å². The first kappa shape index (κ1) is 13.7. The van der Waals surface area contributed by atoms with Crippen LogP contribution in [0.15, 0.2) is 0 Å². The molecule has 0 aromatic rings. The van der Waals surface area contributed by atoms with Crippen LogP contribution in [0.25, 0.3) is 0 Å². The molecule has 6 heteroatoms. The second-order valence-corrected chi connectivity index (χ2v) is 4.94. The Balaban J connectivity index is 2.59. The van der Waals surface area contributed by atoms with Crippen molar-refractivity contribution in [2.24, 2.45) is 0 Å². The number of hydrogen-bond donors (Lipinski definition) is 1. The summed E-state index contributed by atoms with van der Waals surface area (Å²) in [4.78, 5) is 1.41. The number of alkyl halides is 4. The first-order valence-electron chi connectivity index (χ1n) is 5.36. The van der Waals surface area contributed by atoms with Gasteiger partial charge in [-0.1, -0.05) is 0 Å². The van der Waals surface area contributed by atoms with Crippen LogP contribution in [0.3, 0.4) is 0 Å². The van der Waals surface area contributed by atoms with Crippen LogP contribution in [0.1, 0.15) is 20.3 Å². The fourth-order valence-corrected chi connectivity index (χ4v) is 1.93. The van der Waals surface area contributed by atoms with Gasteiger partial charge in [0.2, 0.25) is 0 Å². The Morgan fingerprint density at radius 3 is 2.56 bits per heavy atom. The van der Waals surface area contributed by atoms with Crippen LogP contribution in [0.4, 0.5) is 17.6 Å². The fraction of sp³-hybridized carbons (Fsp3) is 1.00. The zero-order chi connectivity index (χ0) is 12.4. The molecule has 0 aromatic carbocycles. The standard InChI is InChI=1S/C10H18F4N2/c1-9(2)6-16(5-3-4-15-9)7-10(13,14)8(11)12/h8,15H,3-7H2,1-2H3. The van der Waals surface area contributed by atoms with E-state index in [2.05, 4.69) is 5.32 Å². The molecule has 1 aliphatic heterocycles. The molecular formula is C10H18F4N2. The Kier molecular flexibility index (Phi) is 4.17. The summed E-state index contributed by atoms with van der Waals surface area (Å²) in [7, 11) is 0. The molecule has 96 valence electrons. The maximum atomic E-state index is 12.9. The minimum atomic E-state index is -3.92. The molecular weight excluding hydrogens is 224 g/mol. The van der Waals surface area contributed by atoms with E-state index in [4.69, 9.17) is 0 Å². The average molecular weight is 242 g/mol. The van der Waals surface area contributed by atoms with Gasteiger partial charge in [-0.15, -0.1) is 0 Å². The van der Waals surface area contributed by atoms with E-state index >= 15 is 0 Å². The van der Waals surface area contributed by atoms with E-state index in [9.17, 15) is 17.6 Å². The molecule has 2 nitrogen and oxygen atoms in total. The van der Waals surface area contributed by atoms with Crippen molar-refractivity contribution >= 4 is 0 Å². The van der Waals surface area contributed by atoms with Crippen LogP contribution in [-0.2, 0) is 0 Å². The summed E-state index contributed by atoms with van der Waals surface area (Å²) >= 11 is 0. The van der Waals surface area contributed by atoms with Crippen LogP contribution in [0.2, 0.25) is 0 Å². The van der Waals surface area contributed by atoms with Gasteiger partial charge < -0.3 is 5.32 Å². The number of nitrogens with zero attached hydrogens (tertiary/aromatic N) is 1. The van der Waals surface area contributed by atoms with Crippen molar-refractivity contribution in [3.8, 4) is 0 Å². The van der Waals surface area contributed by atoms with Crippen molar-refractivity contribution in [1.82, 2.24) is 10.2 Å². The van der Waals surface area contributed by atoms with Gasteiger partial charge in [0, 0.05) is 12.1 Å². The minimum absolute atomic E-state index is 0.311. The molecule has 1 rings (SSSR count). The minimum Gasteiger partial charge on any atom is -0.310 e. The first-order chi connectivity index (χ1) is 7.23. The SMILES string of the molecule is CC1(C)CN(CC(F)(F)C(F)F)CCCN1. The zero-order valence-electron chi connectivity index (χ0n) is 9.57. The van der Waals surface area contributed by atoms with Gasteiger partial charge in [-0.25, -0.2) is 8.78 Å². The highest BCUT2D eigenvalue weighted by molar-refractivity contribution is 4.87. The Morgan fingerprint density at radius 2 is 2.00 bits per heavy atom. The molecule has 1 saturated heterocycles. The third-order valence-corrected chi connectivity index (χ3v) is 2.63. The van der Waals surface area contributed by atoms with Crippen molar-refractivity contribution in [3.05, 3.63) is 0 Å².